The van der Waals surface area contributed by atoms with Gasteiger partial charge in [0.15, 0.2) is 5.69 Å². The molecule has 0 saturated heterocycles. The van der Waals surface area contributed by atoms with Crippen molar-refractivity contribution in [2.75, 3.05) is 0 Å². The van der Waals surface area contributed by atoms with Gasteiger partial charge in [-0.15, -0.1) is 0 Å². The maximum absolute atomic E-state index is 14.0. The molecule has 0 unspecified atom stereocenters. The molecule has 0 saturated carbocycles. The van der Waals surface area contributed by atoms with E-state index in [0.29, 0.717) is 27.3 Å². The minimum atomic E-state index is -0.818. The number of para-hydroxylation sites is 1. The maximum atomic E-state index is 14.0. The van der Waals surface area contributed by atoms with Crippen molar-refractivity contribution in [2.24, 2.45) is 0 Å². The first-order valence-corrected chi connectivity index (χ1v) is 8.80. The highest BCUT2D eigenvalue weighted by Crippen LogP contribution is 2.30. The van der Waals surface area contributed by atoms with E-state index < -0.39 is 11.6 Å². The second kappa shape index (κ2) is 6.21. The molecule has 5 rings (SSSR count). The van der Waals surface area contributed by atoms with Crippen molar-refractivity contribution in [1.29, 1.82) is 0 Å². The van der Waals surface area contributed by atoms with Crippen LogP contribution in [0, 0.1) is 23.8 Å². The standard InChI is InChI=1S/C19H10ClF2N5O2/c1-9-16-15(19-24-18(25-29-19)11-6-5-10(21)7-13(11)22)23-8-26(16)14-4-2-3-12(20)17(14)27(9)28/h2-8H,1H3. The molecule has 0 bridgehead atoms. The number of aromatic nitrogens is 5. The molecule has 5 aromatic rings. The third-order valence-electron chi connectivity index (χ3n) is 4.64. The molecule has 3 heterocycles. The van der Waals surface area contributed by atoms with Crippen LogP contribution in [0.15, 0.2) is 47.2 Å². The topological polar surface area (TPSA) is 83.2 Å². The predicted molar refractivity (Wildman–Crippen MR) is 100 cm³/mol. The van der Waals surface area contributed by atoms with Crippen LogP contribution < -0.4 is 4.73 Å². The third kappa shape index (κ3) is 2.54. The summed E-state index contributed by atoms with van der Waals surface area (Å²) in [6, 6.07) is 8.14. The minimum Gasteiger partial charge on any atom is -0.618 e. The summed E-state index contributed by atoms with van der Waals surface area (Å²) in [5.41, 5.74) is 1.88. The summed E-state index contributed by atoms with van der Waals surface area (Å²) in [5.74, 6) is -1.59. The van der Waals surface area contributed by atoms with Gasteiger partial charge in [-0.05, 0) is 24.3 Å². The summed E-state index contributed by atoms with van der Waals surface area (Å²) in [6.45, 7) is 1.62. The summed E-state index contributed by atoms with van der Waals surface area (Å²) >= 11 is 6.20. The van der Waals surface area contributed by atoms with Crippen LogP contribution in [0.3, 0.4) is 0 Å². The van der Waals surface area contributed by atoms with Gasteiger partial charge in [-0.1, -0.05) is 22.8 Å². The Labute approximate surface area is 166 Å². The van der Waals surface area contributed by atoms with Crippen LogP contribution in [-0.4, -0.2) is 19.5 Å². The Morgan fingerprint density at radius 2 is 2.03 bits per heavy atom. The second-order valence-electron chi connectivity index (χ2n) is 6.35. The molecule has 0 spiro atoms. The van der Waals surface area contributed by atoms with Crippen LogP contribution in [-0.2, 0) is 0 Å². The number of imidazole rings is 1. The van der Waals surface area contributed by atoms with Crippen molar-refractivity contribution in [3.05, 3.63) is 70.3 Å². The fourth-order valence-electron chi connectivity index (χ4n) is 3.30. The van der Waals surface area contributed by atoms with Gasteiger partial charge in [0.05, 0.1) is 5.56 Å². The molecule has 3 aromatic heterocycles. The summed E-state index contributed by atoms with van der Waals surface area (Å²) < 4.78 is 34.8. The molecule has 0 N–H and O–H groups in total. The van der Waals surface area contributed by atoms with Crippen LogP contribution in [0.4, 0.5) is 8.78 Å². The van der Waals surface area contributed by atoms with Gasteiger partial charge in [-0.2, -0.15) is 9.71 Å². The lowest BCUT2D eigenvalue weighted by molar-refractivity contribution is -0.583. The molecule has 0 aliphatic rings. The Hall–Kier alpha value is -3.59. The van der Waals surface area contributed by atoms with Gasteiger partial charge in [-0.3, -0.25) is 4.40 Å². The molecule has 7 nitrogen and oxygen atoms in total. The van der Waals surface area contributed by atoms with E-state index in [0.717, 1.165) is 16.9 Å². The number of hydrogen-bond acceptors (Lipinski definition) is 5. The summed E-state index contributed by atoms with van der Waals surface area (Å²) in [5, 5.41) is 16.9. The van der Waals surface area contributed by atoms with Crippen LogP contribution in [0.5, 0.6) is 0 Å². The van der Waals surface area contributed by atoms with E-state index in [1.807, 2.05) is 0 Å². The first-order valence-electron chi connectivity index (χ1n) is 8.42. The molecule has 10 heteroatoms. The van der Waals surface area contributed by atoms with E-state index in [1.165, 1.54) is 12.4 Å². The molecule has 2 aromatic carbocycles. The number of rotatable bonds is 2. The van der Waals surface area contributed by atoms with Gasteiger partial charge in [0.2, 0.25) is 11.5 Å². The normalized spacial score (nSPS) is 11.6. The van der Waals surface area contributed by atoms with Gasteiger partial charge < -0.3 is 9.73 Å². The third-order valence-corrected chi connectivity index (χ3v) is 4.95. The van der Waals surface area contributed by atoms with E-state index >= 15 is 0 Å². The Morgan fingerprint density at radius 3 is 2.83 bits per heavy atom. The molecule has 0 atom stereocenters. The Morgan fingerprint density at radius 1 is 1.21 bits per heavy atom. The van der Waals surface area contributed by atoms with E-state index in [2.05, 4.69) is 15.1 Å². The van der Waals surface area contributed by atoms with Crippen LogP contribution in [0.25, 0.3) is 39.5 Å². The number of aryl methyl sites for hydroxylation is 1. The average Bonchev–Trinajstić information content (AvgIpc) is 3.33. The zero-order valence-electron chi connectivity index (χ0n) is 14.7. The fraction of sp³-hybridized carbons (Fsp3) is 0.0526. The van der Waals surface area contributed by atoms with Crippen molar-refractivity contribution in [2.45, 2.75) is 6.92 Å². The van der Waals surface area contributed by atoms with Crippen molar-refractivity contribution in [3.63, 3.8) is 0 Å². The maximum Gasteiger partial charge on any atom is 0.279 e. The predicted octanol–water partition coefficient (Wildman–Crippen LogP) is 4.08. The average molecular weight is 414 g/mol. The molecular formula is C19H10ClF2N5O2. The minimum absolute atomic E-state index is 0.00398. The number of nitrogens with zero attached hydrogens (tertiary/aromatic N) is 5. The summed E-state index contributed by atoms with van der Waals surface area (Å²) in [6.07, 6.45) is 1.51. The van der Waals surface area contributed by atoms with Crippen LogP contribution >= 0.6 is 11.6 Å². The molecule has 144 valence electrons. The first-order chi connectivity index (χ1) is 14.0. The lowest BCUT2D eigenvalue weighted by Crippen LogP contribution is -2.32. The highest BCUT2D eigenvalue weighted by Gasteiger charge is 2.25. The molecule has 29 heavy (non-hydrogen) atoms. The summed E-state index contributed by atoms with van der Waals surface area (Å²) in [7, 11) is 0. The highest BCUT2D eigenvalue weighted by molar-refractivity contribution is 6.34. The van der Waals surface area contributed by atoms with Crippen LogP contribution in [0.2, 0.25) is 5.02 Å². The fourth-order valence-corrected chi connectivity index (χ4v) is 3.54. The second-order valence-corrected chi connectivity index (χ2v) is 6.75. The van der Waals surface area contributed by atoms with Gasteiger partial charge in [-0.25, -0.2) is 13.8 Å². The molecule has 0 fully saturated rings. The Balaban J connectivity index is 1.73. The van der Waals surface area contributed by atoms with Crippen LogP contribution in [0.1, 0.15) is 5.69 Å². The lowest BCUT2D eigenvalue weighted by atomic mass is 10.2. The molecule has 0 amide bonds. The quantitative estimate of drug-likeness (QED) is 0.321. The SMILES string of the molecule is Cc1c2c(-c3nc(-c4ccc(F)cc4F)no3)ncn2c2cccc(Cl)c2[n+]1[O-]. The van der Waals surface area contributed by atoms with Gasteiger partial charge >= 0.3 is 0 Å². The van der Waals surface area contributed by atoms with E-state index in [9.17, 15) is 14.0 Å². The number of fused-ring (bicyclic) bond motifs is 3. The van der Waals surface area contributed by atoms with E-state index in [4.69, 9.17) is 16.1 Å². The Kier molecular flexibility index (Phi) is 3.75. The van der Waals surface area contributed by atoms with Crippen molar-refractivity contribution >= 4 is 28.2 Å². The van der Waals surface area contributed by atoms with Crippen molar-refractivity contribution in [3.8, 4) is 23.0 Å². The zero-order valence-corrected chi connectivity index (χ0v) is 15.5. The van der Waals surface area contributed by atoms with Gasteiger partial charge in [0, 0.05) is 13.0 Å². The largest absolute Gasteiger partial charge is 0.618 e. The Bertz CT molecular complexity index is 1430. The number of halogens is 3. The number of benzene rings is 2. The van der Waals surface area contributed by atoms with Crippen molar-refractivity contribution < 1.29 is 18.0 Å². The van der Waals surface area contributed by atoms with Crippen molar-refractivity contribution in [1.82, 2.24) is 19.5 Å². The van der Waals surface area contributed by atoms with Gasteiger partial charge in [0.1, 0.15) is 34.0 Å². The molecular weight excluding hydrogens is 404 g/mol. The zero-order chi connectivity index (χ0) is 20.3. The van der Waals surface area contributed by atoms with Gasteiger partial charge in [0.25, 0.3) is 11.4 Å². The van der Waals surface area contributed by atoms with E-state index in [-0.39, 0.29) is 23.0 Å². The molecule has 0 aliphatic carbocycles. The highest BCUT2D eigenvalue weighted by atomic mass is 35.5. The number of hydrogen-bond donors (Lipinski definition) is 0. The monoisotopic (exact) mass is 413 g/mol. The molecule has 0 radical (unpaired) electrons. The molecule has 0 aliphatic heterocycles. The summed E-state index contributed by atoms with van der Waals surface area (Å²) in [4.78, 5) is 8.49. The van der Waals surface area contributed by atoms with E-state index in [1.54, 1.807) is 29.5 Å². The lowest BCUT2D eigenvalue weighted by Gasteiger charge is -2.09. The first kappa shape index (κ1) is 17.5. The smallest absolute Gasteiger partial charge is 0.279 e.